The summed E-state index contributed by atoms with van der Waals surface area (Å²) in [7, 11) is 1.86. The van der Waals surface area contributed by atoms with Gasteiger partial charge in [0.05, 0.1) is 12.2 Å². The summed E-state index contributed by atoms with van der Waals surface area (Å²) < 4.78 is 5.62. The third kappa shape index (κ3) is 2.30. The second-order valence-corrected chi connectivity index (χ2v) is 4.97. The monoisotopic (exact) mass is 267 g/mol. The van der Waals surface area contributed by atoms with Gasteiger partial charge in [-0.15, -0.1) is 0 Å². The zero-order chi connectivity index (χ0) is 14.1. The molecule has 3 aromatic rings. The molecule has 2 heterocycles. The van der Waals surface area contributed by atoms with Crippen molar-refractivity contribution >= 4 is 11.2 Å². The van der Waals surface area contributed by atoms with Crippen molar-refractivity contribution in [2.45, 2.75) is 20.4 Å². The Labute approximate surface area is 117 Å². The van der Waals surface area contributed by atoms with Gasteiger partial charge in [0.25, 0.3) is 0 Å². The minimum absolute atomic E-state index is 0.606. The topological polar surface area (TPSA) is 51.0 Å². The van der Waals surface area contributed by atoms with Gasteiger partial charge in [-0.3, -0.25) is 0 Å². The molecular formula is C16H17N3O. The minimum atomic E-state index is 0.606. The van der Waals surface area contributed by atoms with Crippen LogP contribution in [0.3, 0.4) is 0 Å². The maximum Gasteiger partial charge on any atom is 0.211 e. The Bertz CT molecular complexity index is 762. The summed E-state index contributed by atoms with van der Waals surface area (Å²) in [6.07, 6.45) is 0. The van der Waals surface area contributed by atoms with Crippen molar-refractivity contribution < 1.29 is 4.42 Å². The molecule has 0 atom stereocenters. The van der Waals surface area contributed by atoms with Crippen molar-refractivity contribution in [3.8, 4) is 11.3 Å². The number of oxazole rings is 1. The fraction of sp³-hybridized carbons (Fsp3) is 0.250. The number of pyridine rings is 1. The molecular weight excluding hydrogens is 250 g/mol. The molecule has 0 aliphatic carbocycles. The summed E-state index contributed by atoms with van der Waals surface area (Å²) in [4.78, 5) is 9.02. The van der Waals surface area contributed by atoms with Crippen molar-refractivity contribution in [1.82, 2.24) is 15.3 Å². The average Bonchev–Trinajstić information content (AvgIpc) is 2.83. The Balaban J connectivity index is 2.10. The highest BCUT2D eigenvalue weighted by Gasteiger charge is 2.09. The maximum atomic E-state index is 5.62. The van der Waals surface area contributed by atoms with Gasteiger partial charge in [-0.25, -0.2) is 4.98 Å². The zero-order valence-electron chi connectivity index (χ0n) is 11.9. The lowest BCUT2D eigenvalue weighted by Gasteiger charge is -2.05. The van der Waals surface area contributed by atoms with Crippen molar-refractivity contribution in [2.24, 2.45) is 0 Å². The summed E-state index contributed by atoms with van der Waals surface area (Å²) in [5, 5.41) is 3.02. The van der Waals surface area contributed by atoms with Crippen LogP contribution in [0.4, 0.5) is 0 Å². The van der Waals surface area contributed by atoms with E-state index in [0.717, 1.165) is 16.8 Å². The molecule has 0 saturated carbocycles. The molecule has 20 heavy (non-hydrogen) atoms. The Morgan fingerprint density at radius 2 is 1.95 bits per heavy atom. The zero-order valence-corrected chi connectivity index (χ0v) is 11.9. The standard InChI is InChI=1S/C16H17N3O/c1-10-4-5-11(2)12(8-10)13-6-7-14-16(18-13)19-15(20-14)9-17-3/h4-8,17H,9H2,1-3H3. The largest absolute Gasteiger partial charge is 0.438 e. The first-order chi connectivity index (χ1) is 9.67. The predicted molar refractivity (Wildman–Crippen MR) is 79.5 cm³/mol. The summed E-state index contributed by atoms with van der Waals surface area (Å²) in [6.45, 7) is 4.79. The van der Waals surface area contributed by atoms with Gasteiger partial charge >= 0.3 is 0 Å². The normalized spacial score (nSPS) is 11.2. The molecule has 2 aromatic heterocycles. The summed E-state index contributed by atoms with van der Waals surface area (Å²) >= 11 is 0. The Morgan fingerprint density at radius 1 is 1.10 bits per heavy atom. The fourth-order valence-corrected chi connectivity index (χ4v) is 2.25. The van der Waals surface area contributed by atoms with Crippen LogP contribution in [0.15, 0.2) is 34.7 Å². The van der Waals surface area contributed by atoms with Crippen LogP contribution in [0.25, 0.3) is 22.5 Å². The first kappa shape index (κ1) is 12.8. The number of nitrogens with zero attached hydrogens (tertiary/aromatic N) is 2. The molecule has 0 unspecified atom stereocenters. The third-order valence-electron chi connectivity index (χ3n) is 3.29. The number of benzene rings is 1. The van der Waals surface area contributed by atoms with E-state index < -0.39 is 0 Å². The SMILES string of the molecule is CNCc1nc2nc(-c3cc(C)ccc3C)ccc2o1. The molecule has 0 aliphatic heterocycles. The molecule has 0 fully saturated rings. The predicted octanol–water partition coefficient (Wildman–Crippen LogP) is 3.23. The lowest BCUT2D eigenvalue weighted by molar-refractivity contribution is 0.511. The molecule has 102 valence electrons. The minimum Gasteiger partial charge on any atom is -0.438 e. The molecule has 1 N–H and O–H groups in total. The van der Waals surface area contributed by atoms with E-state index in [1.807, 2.05) is 19.2 Å². The number of nitrogens with one attached hydrogen (secondary N) is 1. The summed E-state index contributed by atoms with van der Waals surface area (Å²) in [5.74, 6) is 0.660. The van der Waals surface area contributed by atoms with Gasteiger partial charge < -0.3 is 9.73 Å². The number of fused-ring (bicyclic) bond motifs is 1. The van der Waals surface area contributed by atoms with E-state index in [2.05, 4.69) is 47.3 Å². The van der Waals surface area contributed by atoms with Crippen LogP contribution >= 0.6 is 0 Å². The van der Waals surface area contributed by atoms with Crippen LogP contribution in [-0.4, -0.2) is 17.0 Å². The average molecular weight is 267 g/mol. The smallest absolute Gasteiger partial charge is 0.211 e. The van der Waals surface area contributed by atoms with Crippen LogP contribution in [-0.2, 0) is 6.54 Å². The molecule has 0 radical (unpaired) electrons. The maximum absolute atomic E-state index is 5.62. The number of rotatable bonds is 3. The molecule has 0 amide bonds. The first-order valence-electron chi connectivity index (χ1n) is 6.66. The second kappa shape index (κ2) is 5.06. The van der Waals surface area contributed by atoms with Crippen molar-refractivity contribution in [2.75, 3.05) is 7.05 Å². The van der Waals surface area contributed by atoms with Crippen LogP contribution in [0.2, 0.25) is 0 Å². The molecule has 4 heteroatoms. The van der Waals surface area contributed by atoms with Gasteiger partial charge in [0.2, 0.25) is 5.89 Å². The van der Waals surface area contributed by atoms with Gasteiger partial charge in [-0.1, -0.05) is 17.7 Å². The molecule has 4 nitrogen and oxygen atoms in total. The lowest BCUT2D eigenvalue weighted by Crippen LogP contribution is -2.04. The van der Waals surface area contributed by atoms with Crippen molar-refractivity contribution in [3.05, 3.63) is 47.3 Å². The van der Waals surface area contributed by atoms with Crippen LogP contribution in [0.1, 0.15) is 17.0 Å². The highest BCUT2D eigenvalue weighted by atomic mass is 16.3. The Kier molecular flexibility index (Phi) is 3.24. The molecule has 0 aliphatic rings. The lowest BCUT2D eigenvalue weighted by atomic mass is 10.0. The van der Waals surface area contributed by atoms with Gasteiger partial charge in [0.1, 0.15) is 0 Å². The Hall–Kier alpha value is -2.20. The van der Waals surface area contributed by atoms with Gasteiger partial charge in [-0.05, 0) is 44.7 Å². The quantitative estimate of drug-likeness (QED) is 0.791. The number of aryl methyl sites for hydroxylation is 2. The number of aromatic nitrogens is 2. The fourth-order valence-electron chi connectivity index (χ4n) is 2.25. The van der Waals surface area contributed by atoms with E-state index >= 15 is 0 Å². The molecule has 3 rings (SSSR count). The highest BCUT2D eigenvalue weighted by Crippen LogP contribution is 2.25. The second-order valence-electron chi connectivity index (χ2n) is 4.97. The van der Waals surface area contributed by atoms with Crippen LogP contribution in [0, 0.1) is 13.8 Å². The third-order valence-corrected chi connectivity index (χ3v) is 3.29. The molecule has 1 aromatic carbocycles. The molecule has 0 saturated heterocycles. The number of hydrogen-bond acceptors (Lipinski definition) is 4. The summed E-state index contributed by atoms with van der Waals surface area (Å²) in [5.41, 5.74) is 5.90. The van der Waals surface area contributed by atoms with Gasteiger partial charge in [0.15, 0.2) is 11.2 Å². The van der Waals surface area contributed by atoms with Crippen LogP contribution in [0.5, 0.6) is 0 Å². The van der Waals surface area contributed by atoms with E-state index in [4.69, 9.17) is 4.42 Å². The van der Waals surface area contributed by atoms with E-state index in [1.54, 1.807) is 0 Å². The van der Waals surface area contributed by atoms with Gasteiger partial charge in [0, 0.05) is 5.56 Å². The number of hydrogen-bond donors (Lipinski definition) is 1. The first-order valence-corrected chi connectivity index (χ1v) is 6.66. The molecule has 0 spiro atoms. The van der Waals surface area contributed by atoms with E-state index in [0.29, 0.717) is 18.1 Å². The Morgan fingerprint density at radius 3 is 2.75 bits per heavy atom. The molecule has 0 bridgehead atoms. The highest BCUT2D eigenvalue weighted by molar-refractivity contribution is 5.74. The summed E-state index contributed by atoms with van der Waals surface area (Å²) in [6, 6.07) is 10.3. The van der Waals surface area contributed by atoms with E-state index in [-0.39, 0.29) is 0 Å². The van der Waals surface area contributed by atoms with E-state index in [9.17, 15) is 0 Å². The van der Waals surface area contributed by atoms with Gasteiger partial charge in [-0.2, -0.15) is 4.98 Å². The van der Waals surface area contributed by atoms with Crippen molar-refractivity contribution in [3.63, 3.8) is 0 Å². The van der Waals surface area contributed by atoms with Crippen LogP contribution < -0.4 is 5.32 Å². The van der Waals surface area contributed by atoms with Crippen molar-refractivity contribution in [1.29, 1.82) is 0 Å². The van der Waals surface area contributed by atoms with E-state index in [1.165, 1.54) is 11.1 Å².